The van der Waals surface area contributed by atoms with Gasteiger partial charge in [0.1, 0.15) is 5.01 Å². The molecule has 0 aliphatic heterocycles. The maximum Gasteiger partial charge on any atom is 0.231 e. The molecule has 0 unspecified atom stereocenters. The van der Waals surface area contributed by atoms with Crippen molar-refractivity contribution in [3.05, 3.63) is 16.1 Å². The molecule has 0 atom stereocenters. The molecule has 1 amide bonds. The number of rotatable bonds is 4. The van der Waals surface area contributed by atoms with Gasteiger partial charge in [-0.3, -0.25) is 4.79 Å². The second-order valence-corrected chi connectivity index (χ2v) is 4.24. The van der Waals surface area contributed by atoms with Gasteiger partial charge in [-0.05, 0) is 6.42 Å². The SMILES string of the molecule is CCc1cnc(CNC(=O)CBr)s1. The van der Waals surface area contributed by atoms with Gasteiger partial charge in [-0.15, -0.1) is 11.3 Å². The average molecular weight is 263 g/mol. The largest absolute Gasteiger partial charge is 0.349 e. The lowest BCUT2D eigenvalue weighted by Crippen LogP contribution is -2.23. The van der Waals surface area contributed by atoms with Crippen molar-refractivity contribution in [3.63, 3.8) is 0 Å². The molecule has 0 aliphatic carbocycles. The van der Waals surface area contributed by atoms with Gasteiger partial charge in [0, 0.05) is 11.1 Å². The molecule has 1 aromatic rings. The van der Waals surface area contributed by atoms with E-state index in [0.29, 0.717) is 11.9 Å². The van der Waals surface area contributed by atoms with E-state index in [9.17, 15) is 4.79 Å². The summed E-state index contributed by atoms with van der Waals surface area (Å²) in [5.41, 5.74) is 0. The highest BCUT2D eigenvalue weighted by Gasteiger charge is 2.02. The minimum absolute atomic E-state index is 0.00625. The predicted octanol–water partition coefficient (Wildman–Crippen LogP) is 1.72. The Bertz CT molecular complexity index is 287. The molecule has 0 saturated heterocycles. The van der Waals surface area contributed by atoms with Crippen LogP contribution in [0.4, 0.5) is 0 Å². The van der Waals surface area contributed by atoms with Gasteiger partial charge < -0.3 is 5.32 Å². The van der Waals surface area contributed by atoms with Gasteiger partial charge >= 0.3 is 0 Å². The number of aromatic nitrogens is 1. The monoisotopic (exact) mass is 262 g/mol. The van der Waals surface area contributed by atoms with E-state index in [2.05, 4.69) is 33.2 Å². The van der Waals surface area contributed by atoms with Gasteiger partial charge in [0.15, 0.2) is 0 Å². The zero-order valence-electron chi connectivity index (χ0n) is 7.34. The van der Waals surface area contributed by atoms with Gasteiger partial charge in [-0.25, -0.2) is 4.98 Å². The summed E-state index contributed by atoms with van der Waals surface area (Å²) in [6.07, 6.45) is 2.87. The highest BCUT2D eigenvalue weighted by molar-refractivity contribution is 9.09. The zero-order valence-corrected chi connectivity index (χ0v) is 9.74. The van der Waals surface area contributed by atoms with Crippen molar-refractivity contribution in [3.8, 4) is 0 Å². The first-order chi connectivity index (χ1) is 6.26. The molecule has 0 spiro atoms. The fourth-order valence-electron chi connectivity index (χ4n) is 0.815. The second-order valence-electron chi connectivity index (χ2n) is 2.48. The third-order valence-electron chi connectivity index (χ3n) is 1.51. The van der Waals surface area contributed by atoms with Crippen LogP contribution in [0.1, 0.15) is 16.8 Å². The Morgan fingerprint density at radius 3 is 3.08 bits per heavy atom. The first-order valence-corrected chi connectivity index (χ1v) is 5.96. The smallest absolute Gasteiger partial charge is 0.231 e. The summed E-state index contributed by atoms with van der Waals surface area (Å²) in [7, 11) is 0. The van der Waals surface area contributed by atoms with E-state index in [4.69, 9.17) is 0 Å². The van der Waals surface area contributed by atoms with Crippen LogP contribution in [-0.4, -0.2) is 16.2 Å². The molecular formula is C8H11BrN2OS. The van der Waals surface area contributed by atoms with E-state index >= 15 is 0 Å². The molecular weight excluding hydrogens is 252 g/mol. The van der Waals surface area contributed by atoms with Crippen LogP contribution < -0.4 is 5.32 Å². The third-order valence-corrected chi connectivity index (χ3v) is 3.16. The Hall–Kier alpha value is -0.420. The fraction of sp³-hybridized carbons (Fsp3) is 0.500. The molecule has 72 valence electrons. The van der Waals surface area contributed by atoms with Crippen LogP contribution in [0, 0.1) is 0 Å². The topological polar surface area (TPSA) is 42.0 Å². The van der Waals surface area contributed by atoms with Crippen LogP contribution in [0.3, 0.4) is 0 Å². The number of nitrogens with zero attached hydrogens (tertiary/aromatic N) is 1. The lowest BCUT2D eigenvalue weighted by Gasteiger charge is -1.97. The van der Waals surface area contributed by atoms with E-state index in [1.165, 1.54) is 4.88 Å². The van der Waals surface area contributed by atoms with Gasteiger partial charge in [0.25, 0.3) is 0 Å². The second kappa shape index (κ2) is 5.34. The average Bonchev–Trinajstić information content (AvgIpc) is 2.61. The minimum Gasteiger partial charge on any atom is -0.349 e. The zero-order chi connectivity index (χ0) is 9.68. The first kappa shape index (κ1) is 10.7. The number of aryl methyl sites for hydroxylation is 1. The predicted molar refractivity (Wildman–Crippen MR) is 57.1 cm³/mol. The number of alkyl halides is 1. The molecule has 0 aliphatic rings. The van der Waals surface area contributed by atoms with Gasteiger partial charge in [-0.1, -0.05) is 22.9 Å². The van der Waals surface area contributed by atoms with Crippen molar-refractivity contribution < 1.29 is 4.79 Å². The van der Waals surface area contributed by atoms with Crippen LogP contribution in [0.5, 0.6) is 0 Å². The number of nitrogens with one attached hydrogen (secondary N) is 1. The molecule has 5 heteroatoms. The van der Waals surface area contributed by atoms with Crippen LogP contribution >= 0.6 is 27.3 Å². The summed E-state index contributed by atoms with van der Waals surface area (Å²) in [6.45, 7) is 2.63. The molecule has 0 radical (unpaired) electrons. The quantitative estimate of drug-likeness (QED) is 0.840. The molecule has 0 bridgehead atoms. The molecule has 3 nitrogen and oxygen atoms in total. The van der Waals surface area contributed by atoms with Crippen molar-refractivity contribution in [2.75, 3.05) is 5.33 Å². The maximum absolute atomic E-state index is 10.9. The summed E-state index contributed by atoms with van der Waals surface area (Å²) in [5, 5.41) is 4.06. The van der Waals surface area contributed by atoms with Gasteiger partial charge in [0.2, 0.25) is 5.91 Å². The molecule has 1 aromatic heterocycles. The summed E-state index contributed by atoms with van der Waals surface area (Å²) in [4.78, 5) is 16.3. The minimum atomic E-state index is -0.00625. The molecule has 1 rings (SSSR count). The van der Waals surface area contributed by atoms with Crippen molar-refractivity contribution in [2.45, 2.75) is 19.9 Å². The Morgan fingerprint density at radius 1 is 1.77 bits per heavy atom. The maximum atomic E-state index is 10.9. The van der Waals surface area contributed by atoms with Crippen LogP contribution in [-0.2, 0) is 17.8 Å². The van der Waals surface area contributed by atoms with E-state index in [1.807, 2.05) is 6.20 Å². The number of amides is 1. The number of hydrogen-bond acceptors (Lipinski definition) is 3. The Kier molecular flexibility index (Phi) is 4.38. The Balaban J connectivity index is 2.41. The Morgan fingerprint density at radius 2 is 2.54 bits per heavy atom. The first-order valence-electron chi connectivity index (χ1n) is 4.02. The summed E-state index contributed by atoms with van der Waals surface area (Å²) in [5.74, 6) is -0.00625. The lowest BCUT2D eigenvalue weighted by molar-refractivity contribution is -0.118. The van der Waals surface area contributed by atoms with E-state index < -0.39 is 0 Å². The number of carbonyl (C=O) groups excluding carboxylic acids is 1. The third kappa shape index (κ3) is 3.44. The number of carbonyl (C=O) groups is 1. The molecule has 13 heavy (non-hydrogen) atoms. The Labute approximate surface area is 89.7 Å². The highest BCUT2D eigenvalue weighted by Crippen LogP contribution is 2.12. The van der Waals surface area contributed by atoms with Crippen molar-refractivity contribution in [2.24, 2.45) is 0 Å². The number of thiazole rings is 1. The summed E-state index contributed by atoms with van der Waals surface area (Å²) in [6, 6.07) is 0. The molecule has 1 heterocycles. The normalized spacial score (nSPS) is 10.0. The summed E-state index contributed by atoms with van der Waals surface area (Å²) < 4.78 is 0. The van der Waals surface area contributed by atoms with Crippen molar-refractivity contribution >= 4 is 33.2 Å². The fourth-order valence-corrected chi connectivity index (χ4v) is 1.82. The van der Waals surface area contributed by atoms with Gasteiger partial charge in [-0.2, -0.15) is 0 Å². The summed E-state index contributed by atoms with van der Waals surface area (Å²) >= 11 is 4.72. The van der Waals surface area contributed by atoms with Gasteiger partial charge in [0.05, 0.1) is 11.9 Å². The molecule has 1 N–H and O–H groups in total. The van der Waals surface area contributed by atoms with Crippen LogP contribution in [0.2, 0.25) is 0 Å². The van der Waals surface area contributed by atoms with E-state index in [-0.39, 0.29) is 5.91 Å². The van der Waals surface area contributed by atoms with Crippen LogP contribution in [0.15, 0.2) is 6.20 Å². The van der Waals surface area contributed by atoms with Crippen molar-refractivity contribution in [1.82, 2.24) is 10.3 Å². The molecule has 0 fully saturated rings. The molecule has 0 saturated carbocycles. The van der Waals surface area contributed by atoms with E-state index in [0.717, 1.165) is 11.4 Å². The lowest BCUT2D eigenvalue weighted by atomic mass is 10.4. The number of halogens is 1. The number of hydrogen-bond donors (Lipinski definition) is 1. The molecule has 0 aromatic carbocycles. The standard InChI is InChI=1S/C8H11BrN2OS/c1-2-6-4-11-8(13-6)5-10-7(12)3-9/h4H,2-3,5H2,1H3,(H,10,12). The highest BCUT2D eigenvalue weighted by atomic mass is 79.9. The van der Waals surface area contributed by atoms with Crippen LogP contribution in [0.25, 0.3) is 0 Å². The van der Waals surface area contributed by atoms with Crippen molar-refractivity contribution in [1.29, 1.82) is 0 Å². The van der Waals surface area contributed by atoms with E-state index in [1.54, 1.807) is 11.3 Å².